The molecule has 1 fully saturated rings. The summed E-state index contributed by atoms with van der Waals surface area (Å²) < 4.78 is 10.7. The zero-order chi connectivity index (χ0) is 18.2. The van der Waals surface area contributed by atoms with E-state index in [0.717, 1.165) is 30.4 Å². The summed E-state index contributed by atoms with van der Waals surface area (Å²) >= 11 is 0. The number of allylic oxidation sites excluding steroid dienone is 3. The zero-order valence-corrected chi connectivity index (χ0v) is 15.7. The van der Waals surface area contributed by atoms with Crippen molar-refractivity contribution in [3.8, 4) is 0 Å². The summed E-state index contributed by atoms with van der Waals surface area (Å²) in [4.78, 5) is 25.2. The average Bonchev–Trinajstić information content (AvgIpc) is 2.74. The molecule has 4 nitrogen and oxygen atoms in total. The molecule has 1 aliphatic carbocycles. The predicted molar refractivity (Wildman–Crippen MR) is 92.8 cm³/mol. The van der Waals surface area contributed by atoms with E-state index in [2.05, 4.69) is 26.0 Å². The first-order chi connectivity index (χ1) is 11.0. The quantitative estimate of drug-likeness (QED) is 0.321. The van der Waals surface area contributed by atoms with Crippen LogP contribution in [0.15, 0.2) is 23.3 Å². The van der Waals surface area contributed by atoms with Gasteiger partial charge < -0.3 is 9.47 Å². The van der Waals surface area contributed by atoms with E-state index in [1.165, 1.54) is 0 Å². The number of carbonyl (C=O) groups is 2. The standard InChI is InChI=1S/C20H29O4/c1-7-8-9-11-18(3,4)13-15-10-12-20(14(15)2)16(21)23-19(5,6)24-17(20)22/h7-8,10H,9,11-13H2,1-6H3/q+1/b8-7+. The molecule has 0 atom stereocenters. The second-order valence-corrected chi connectivity index (χ2v) is 8.09. The third kappa shape index (κ3) is 3.38. The van der Waals surface area contributed by atoms with Crippen molar-refractivity contribution in [2.75, 3.05) is 0 Å². The van der Waals surface area contributed by atoms with Crippen LogP contribution in [0.2, 0.25) is 0 Å². The summed E-state index contributed by atoms with van der Waals surface area (Å²) in [6, 6.07) is 0. The van der Waals surface area contributed by atoms with Gasteiger partial charge in [-0.3, -0.25) is 0 Å². The van der Waals surface area contributed by atoms with E-state index in [1.54, 1.807) is 13.8 Å². The minimum Gasteiger partial charge on any atom is -0.421 e. The van der Waals surface area contributed by atoms with Crippen LogP contribution in [0.3, 0.4) is 0 Å². The van der Waals surface area contributed by atoms with Crippen molar-refractivity contribution in [1.82, 2.24) is 0 Å². The fourth-order valence-electron chi connectivity index (χ4n) is 3.50. The van der Waals surface area contributed by atoms with Crippen molar-refractivity contribution in [3.63, 3.8) is 0 Å². The molecule has 2 aliphatic rings. The number of cyclic esters (lactones) is 2. The second-order valence-electron chi connectivity index (χ2n) is 8.09. The smallest absolute Gasteiger partial charge is 0.353 e. The van der Waals surface area contributed by atoms with Gasteiger partial charge in [0.2, 0.25) is 0 Å². The summed E-state index contributed by atoms with van der Waals surface area (Å²) in [5.41, 5.74) is 0.686. The topological polar surface area (TPSA) is 52.6 Å². The Hall–Kier alpha value is -1.71. The van der Waals surface area contributed by atoms with Crippen LogP contribution in [0.1, 0.15) is 67.2 Å². The van der Waals surface area contributed by atoms with Gasteiger partial charge in [0, 0.05) is 33.6 Å². The van der Waals surface area contributed by atoms with Gasteiger partial charge >= 0.3 is 11.9 Å². The van der Waals surface area contributed by atoms with Crippen LogP contribution in [-0.2, 0) is 19.1 Å². The molecule has 132 valence electrons. The third-order valence-electron chi connectivity index (χ3n) is 5.04. The lowest BCUT2D eigenvalue weighted by molar-refractivity contribution is -0.247. The largest absolute Gasteiger partial charge is 0.421 e. The highest BCUT2D eigenvalue weighted by Crippen LogP contribution is 2.50. The first kappa shape index (κ1) is 18.6. The molecule has 4 heteroatoms. The number of rotatable bonds is 5. The van der Waals surface area contributed by atoms with Gasteiger partial charge in [0.25, 0.3) is 11.2 Å². The molecule has 1 heterocycles. The lowest BCUT2D eigenvalue weighted by Gasteiger charge is -2.36. The maximum absolute atomic E-state index is 12.6. The maximum Gasteiger partial charge on any atom is 0.353 e. The normalized spacial score (nSPS) is 22.8. The average molecular weight is 333 g/mol. The van der Waals surface area contributed by atoms with Gasteiger partial charge in [0.05, 0.1) is 12.0 Å². The number of carbonyl (C=O) groups excluding carboxylic acids is 2. The Morgan fingerprint density at radius 1 is 1.21 bits per heavy atom. The Morgan fingerprint density at radius 2 is 1.79 bits per heavy atom. The first-order valence-electron chi connectivity index (χ1n) is 8.65. The molecule has 0 aromatic heterocycles. The van der Waals surface area contributed by atoms with Gasteiger partial charge in [-0.05, 0) is 25.2 Å². The van der Waals surface area contributed by atoms with Crippen LogP contribution < -0.4 is 0 Å². The molecule has 1 saturated heterocycles. The Balaban J connectivity index is 2.22. The van der Waals surface area contributed by atoms with Crippen molar-refractivity contribution >= 4 is 11.9 Å². The van der Waals surface area contributed by atoms with Crippen molar-refractivity contribution in [1.29, 1.82) is 0 Å². The van der Waals surface area contributed by atoms with E-state index in [9.17, 15) is 9.59 Å². The summed E-state index contributed by atoms with van der Waals surface area (Å²) in [5, 5.41) is 0. The monoisotopic (exact) mass is 333 g/mol. The molecule has 2 rings (SSSR count). The van der Waals surface area contributed by atoms with Crippen LogP contribution in [0.4, 0.5) is 0 Å². The molecule has 24 heavy (non-hydrogen) atoms. The minimum absolute atomic E-state index is 0.0971. The van der Waals surface area contributed by atoms with Crippen LogP contribution in [0.5, 0.6) is 0 Å². The SMILES string of the molecule is C/C=C/CCC(C)(C)CC1=C(C)C2(C[CH+]1)C(=O)OC(C)(C)OC2=O. The van der Waals surface area contributed by atoms with Gasteiger partial charge in [0.1, 0.15) is 5.57 Å². The molecule has 0 aromatic rings. The van der Waals surface area contributed by atoms with Crippen LogP contribution in [0, 0.1) is 17.3 Å². The van der Waals surface area contributed by atoms with Gasteiger partial charge in [-0.2, -0.15) is 0 Å². The van der Waals surface area contributed by atoms with E-state index >= 15 is 0 Å². The second kappa shape index (κ2) is 6.30. The summed E-state index contributed by atoms with van der Waals surface area (Å²) in [6.07, 6.45) is 9.49. The molecule has 1 aliphatic heterocycles. The van der Waals surface area contributed by atoms with E-state index in [0.29, 0.717) is 6.42 Å². The van der Waals surface area contributed by atoms with Gasteiger partial charge in [-0.15, -0.1) is 0 Å². The molecular weight excluding hydrogens is 304 g/mol. The molecular formula is C20H29O4+. The van der Waals surface area contributed by atoms with Crippen molar-refractivity contribution in [2.24, 2.45) is 10.8 Å². The third-order valence-corrected chi connectivity index (χ3v) is 5.04. The van der Waals surface area contributed by atoms with Crippen LogP contribution in [0.25, 0.3) is 0 Å². The molecule has 0 unspecified atom stereocenters. The summed E-state index contributed by atoms with van der Waals surface area (Å²) in [5.74, 6) is -2.16. The Labute approximate surface area is 145 Å². The van der Waals surface area contributed by atoms with Crippen molar-refractivity contribution in [2.45, 2.75) is 73.0 Å². The minimum atomic E-state index is -1.27. The number of hydrogen-bond donors (Lipinski definition) is 0. The first-order valence-corrected chi connectivity index (χ1v) is 8.65. The van der Waals surface area contributed by atoms with Crippen LogP contribution in [-0.4, -0.2) is 17.7 Å². The molecule has 0 aromatic carbocycles. The molecule has 0 N–H and O–H groups in total. The van der Waals surface area contributed by atoms with E-state index in [4.69, 9.17) is 9.47 Å². The fourth-order valence-corrected chi connectivity index (χ4v) is 3.50. The Kier molecular flexibility index (Phi) is 4.89. The maximum atomic E-state index is 12.6. The lowest BCUT2D eigenvalue weighted by atomic mass is 9.78. The Bertz CT molecular complexity index is 573. The van der Waals surface area contributed by atoms with Gasteiger partial charge in [-0.1, -0.05) is 26.0 Å². The highest BCUT2D eigenvalue weighted by Gasteiger charge is 2.65. The molecule has 0 bridgehead atoms. The lowest BCUT2D eigenvalue weighted by Crippen LogP contribution is -2.53. The molecule has 0 radical (unpaired) electrons. The summed E-state index contributed by atoms with van der Waals surface area (Å²) in [7, 11) is 0. The molecule has 0 amide bonds. The van der Waals surface area contributed by atoms with Gasteiger partial charge in [0.15, 0.2) is 0 Å². The predicted octanol–water partition coefficient (Wildman–Crippen LogP) is 4.51. The zero-order valence-electron chi connectivity index (χ0n) is 15.7. The number of esters is 2. The highest BCUT2D eigenvalue weighted by atomic mass is 16.7. The summed E-state index contributed by atoms with van der Waals surface area (Å²) in [6.45, 7) is 11.5. The molecule has 0 saturated carbocycles. The van der Waals surface area contributed by atoms with Gasteiger partial charge in [-0.25, -0.2) is 9.59 Å². The van der Waals surface area contributed by atoms with Crippen LogP contribution >= 0.6 is 0 Å². The van der Waals surface area contributed by atoms with E-state index < -0.39 is 23.1 Å². The highest BCUT2D eigenvalue weighted by molar-refractivity contribution is 6.06. The molecule has 1 spiro atoms. The number of hydrogen-bond acceptors (Lipinski definition) is 4. The fraction of sp³-hybridized carbons (Fsp3) is 0.650. The van der Waals surface area contributed by atoms with Crippen molar-refractivity contribution < 1.29 is 19.1 Å². The van der Waals surface area contributed by atoms with E-state index in [1.807, 2.05) is 20.3 Å². The van der Waals surface area contributed by atoms with Crippen molar-refractivity contribution in [3.05, 3.63) is 29.7 Å². The van der Waals surface area contributed by atoms with E-state index in [-0.39, 0.29) is 5.41 Å². The Morgan fingerprint density at radius 3 is 2.33 bits per heavy atom. The number of ether oxygens (including phenoxy) is 2.